The van der Waals surface area contributed by atoms with Crippen molar-refractivity contribution in [3.05, 3.63) is 53.3 Å². The van der Waals surface area contributed by atoms with Gasteiger partial charge in [0, 0.05) is 24.0 Å². The maximum atomic E-state index is 12.0. The second-order valence-corrected chi connectivity index (χ2v) is 6.31. The number of rotatable bonds is 7. The van der Waals surface area contributed by atoms with Crippen LogP contribution in [0.1, 0.15) is 31.9 Å². The molecule has 23 heavy (non-hydrogen) atoms. The van der Waals surface area contributed by atoms with Crippen LogP contribution in [0.25, 0.3) is 0 Å². The molecule has 2 N–H and O–H groups in total. The van der Waals surface area contributed by atoms with Crippen LogP contribution < -0.4 is 5.32 Å². The van der Waals surface area contributed by atoms with Gasteiger partial charge in [-0.3, -0.25) is 9.48 Å². The van der Waals surface area contributed by atoms with E-state index in [1.807, 2.05) is 50.4 Å². The Labute approximate surface area is 141 Å². The number of nitrogens with zero attached hydrogens (tertiary/aromatic N) is 2. The van der Waals surface area contributed by atoms with Crippen LogP contribution in [0, 0.1) is 5.92 Å². The van der Waals surface area contributed by atoms with Gasteiger partial charge < -0.3 is 10.4 Å². The lowest BCUT2D eigenvalue weighted by Crippen LogP contribution is -2.34. The number of aromatic nitrogens is 2. The van der Waals surface area contributed by atoms with Crippen molar-refractivity contribution in [3.8, 4) is 0 Å². The van der Waals surface area contributed by atoms with Gasteiger partial charge in [-0.2, -0.15) is 5.10 Å². The summed E-state index contributed by atoms with van der Waals surface area (Å²) in [5, 5.41) is 17.6. The summed E-state index contributed by atoms with van der Waals surface area (Å²) in [7, 11) is 0. The lowest BCUT2D eigenvalue weighted by molar-refractivity contribution is -0.123. The molecule has 0 aliphatic heterocycles. The topological polar surface area (TPSA) is 67.2 Å². The van der Waals surface area contributed by atoms with E-state index in [2.05, 4.69) is 10.4 Å². The van der Waals surface area contributed by atoms with Crippen molar-refractivity contribution in [3.63, 3.8) is 0 Å². The molecule has 0 aliphatic carbocycles. The summed E-state index contributed by atoms with van der Waals surface area (Å²) < 4.78 is 1.79. The predicted molar refractivity (Wildman–Crippen MR) is 90.3 cm³/mol. The van der Waals surface area contributed by atoms with Crippen LogP contribution in [-0.2, 0) is 4.79 Å². The first-order chi connectivity index (χ1) is 11.0. The van der Waals surface area contributed by atoms with Crippen LogP contribution in [0.3, 0.4) is 0 Å². The first-order valence-corrected chi connectivity index (χ1v) is 8.04. The number of amides is 1. The van der Waals surface area contributed by atoms with Crippen molar-refractivity contribution in [2.24, 2.45) is 5.92 Å². The van der Waals surface area contributed by atoms with Crippen LogP contribution in [0.15, 0.2) is 42.7 Å². The zero-order chi connectivity index (χ0) is 16.8. The monoisotopic (exact) mass is 335 g/mol. The van der Waals surface area contributed by atoms with Gasteiger partial charge in [0.2, 0.25) is 5.91 Å². The summed E-state index contributed by atoms with van der Waals surface area (Å²) in [6.07, 6.45) is 3.03. The van der Waals surface area contributed by atoms with Crippen molar-refractivity contribution in [2.75, 3.05) is 6.54 Å². The SMILES string of the molecule is CC(C)C(O)CC(=O)NCC(c1ccc(Cl)cc1)n1cccn1. The van der Waals surface area contributed by atoms with Crippen molar-refractivity contribution in [1.29, 1.82) is 0 Å². The highest BCUT2D eigenvalue weighted by Crippen LogP contribution is 2.19. The van der Waals surface area contributed by atoms with Gasteiger partial charge in [0.05, 0.1) is 18.6 Å². The summed E-state index contributed by atoms with van der Waals surface area (Å²) in [6.45, 7) is 4.17. The third-order valence-corrected chi connectivity index (χ3v) is 4.01. The van der Waals surface area contributed by atoms with Crippen molar-refractivity contribution in [2.45, 2.75) is 32.4 Å². The van der Waals surface area contributed by atoms with Crippen molar-refractivity contribution >= 4 is 17.5 Å². The summed E-state index contributed by atoms with van der Waals surface area (Å²) in [6, 6.07) is 9.19. The molecule has 6 heteroatoms. The smallest absolute Gasteiger partial charge is 0.222 e. The number of aliphatic hydroxyl groups is 1. The Morgan fingerprint density at radius 1 is 1.35 bits per heavy atom. The molecule has 0 radical (unpaired) electrons. The molecule has 0 spiro atoms. The van der Waals surface area contributed by atoms with Gasteiger partial charge in [0.25, 0.3) is 0 Å². The van der Waals surface area contributed by atoms with Crippen molar-refractivity contribution < 1.29 is 9.90 Å². The van der Waals surface area contributed by atoms with Gasteiger partial charge in [-0.1, -0.05) is 37.6 Å². The molecule has 2 rings (SSSR count). The van der Waals surface area contributed by atoms with Crippen LogP contribution >= 0.6 is 11.6 Å². The fraction of sp³-hybridized carbons (Fsp3) is 0.412. The van der Waals surface area contributed by atoms with E-state index in [4.69, 9.17) is 11.6 Å². The highest BCUT2D eigenvalue weighted by Gasteiger charge is 2.18. The lowest BCUT2D eigenvalue weighted by atomic mass is 10.0. The number of carbonyl (C=O) groups excluding carboxylic acids is 1. The van der Waals surface area contributed by atoms with E-state index in [9.17, 15) is 9.90 Å². The maximum absolute atomic E-state index is 12.0. The minimum absolute atomic E-state index is 0.0546. The average Bonchev–Trinajstić information content (AvgIpc) is 3.03. The fourth-order valence-corrected chi connectivity index (χ4v) is 2.35. The molecular weight excluding hydrogens is 314 g/mol. The molecule has 0 aliphatic rings. The Morgan fingerprint density at radius 3 is 2.61 bits per heavy atom. The maximum Gasteiger partial charge on any atom is 0.222 e. The lowest BCUT2D eigenvalue weighted by Gasteiger charge is -2.20. The molecule has 0 saturated heterocycles. The van der Waals surface area contributed by atoms with Gasteiger partial charge in [-0.15, -0.1) is 0 Å². The minimum Gasteiger partial charge on any atom is -0.392 e. The number of carbonyl (C=O) groups is 1. The van der Waals surface area contributed by atoms with Crippen LogP contribution in [0.2, 0.25) is 5.02 Å². The first kappa shape index (κ1) is 17.5. The van der Waals surface area contributed by atoms with Crippen LogP contribution in [0.4, 0.5) is 0 Å². The van der Waals surface area contributed by atoms with E-state index in [0.29, 0.717) is 11.6 Å². The van der Waals surface area contributed by atoms with E-state index in [0.717, 1.165) is 5.56 Å². The number of hydrogen-bond donors (Lipinski definition) is 2. The molecule has 2 unspecified atom stereocenters. The van der Waals surface area contributed by atoms with E-state index in [1.165, 1.54) is 0 Å². The summed E-state index contributed by atoms with van der Waals surface area (Å²) >= 11 is 5.94. The standard InChI is InChI=1S/C17H22ClN3O2/c1-12(2)16(22)10-17(23)19-11-15(21-9-3-8-20-21)13-4-6-14(18)7-5-13/h3-9,12,15-16,22H,10-11H2,1-2H3,(H,19,23). The van der Waals surface area contributed by atoms with Gasteiger partial charge in [0.15, 0.2) is 0 Å². The molecule has 1 aromatic heterocycles. The Morgan fingerprint density at radius 2 is 2.04 bits per heavy atom. The Kier molecular flexibility index (Phi) is 6.19. The van der Waals surface area contributed by atoms with E-state index >= 15 is 0 Å². The first-order valence-electron chi connectivity index (χ1n) is 7.66. The molecule has 5 nitrogen and oxygen atoms in total. The average molecular weight is 336 g/mol. The Hall–Kier alpha value is -1.85. The quantitative estimate of drug-likeness (QED) is 0.817. The molecule has 0 saturated carbocycles. The molecule has 0 bridgehead atoms. The van der Waals surface area contributed by atoms with Gasteiger partial charge in [0.1, 0.15) is 0 Å². The number of aliphatic hydroxyl groups excluding tert-OH is 1. The van der Waals surface area contributed by atoms with Crippen molar-refractivity contribution in [1.82, 2.24) is 15.1 Å². The molecule has 1 amide bonds. The number of hydrogen-bond acceptors (Lipinski definition) is 3. The second-order valence-electron chi connectivity index (χ2n) is 5.87. The highest BCUT2D eigenvalue weighted by atomic mass is 35.5. The van der Waals surface area contributed by atoms with E-state index < -0.39 is 6.10 Å². The normalized spacial score (nSPS) is 13.8. The third kappa shape index (κ3) is 5.08. The third-order valence-electron chi connectivity index (χ3n) is 3.76. The van der Waals surface area contributed by atoms with Crippen LogP contribution in [0.5, 0.6) is 0 Å². The summed E-state index contributed by atoms with van der Waals surface area (Å²) in [5.41, 5.74) is 1.00. The number of halogens is 1. The fourth-order valence-electron chi connectivity index (χ4n) is 2.22. The highest BCUT2D eigenvalue weighted by molar-refractivity contribution is 6.30. The molecule has 2 aromatic rings. The Bertz CT molecular complexity index is 611. The van der Waals surface area contributed by atoms with Gasteiger partial charge in [-0.25, -0.2) is 0 Å². The summed E-state index contributed by atoms with van der Waals surface area (Å²) in [5.74, 6) is -0.115. The number of benzene rings is 1. The zero-order valence-corrected chi connectivity index (χ0v) is 14.1. The molecule has 124 valence electrons. The largest absolute Gasteiger partial charge is 0.392 e. The second kappa shape index (κ2) is 8.13. The molecule has 2 atom stereocenters. The van der Waals surface area contributed by atoms with Gasteiger partial charge in [-0.05, 0) is 29.7 Å². The zero-order valence-electron chi connectivity index (χ0n) is 13.3. The predicted octanol–water partition coefficient (Wildman–Crippen LogP) is 2.65. The Balaban J connectivity index is 2.04. The van der Waals surface area contributed by atoms with Crippen LogP contribution in [-0.4, -0.2) is 33.4 Å². The molecular formula is C17H22ClN3O2. The molecule has 1 heterocycles. The van der Waals surface area contributed by atoms with Gasteiger partial charge >= 0.3 is 0 Å². The van der Waals surface area contributed by atoms with E-state index in [-0.39, 0.29) is 24.3 Å². The molecule has 1 aromatic carbocycles. The minimum atomic E-state index is -0.631. The molecule has 0 fully saturated rings. The summed E-state index contributed by atoms with van der Waals surface area (Å²) in [4.78, 5) is 12.0. The van der Waals surface area contributed by atoms with E-state index in [1.54, 1.807) is 10.9 Å². The number of nitrogens with one attached hydrogen (secondary N) is 1.